The Morgan fingerprint density at radius 3 is 2.53 bits per heavy atom. The summed E-state index contributed by atoms with van der Waals surface area (Å²) < 4.78 is 12.2. The summed E-state index contributed by atoms with van der Waals surface area (Å²) in [5.41, 5.74) is 0. The van der Waals surface area contributed by atoms with Gasteiger partial charge < -0.3 is 14.4 Å². The van der Waals surface area contributed by atoms with E-state index in [2.05, 4.69) is 0 Å². The summed E-state index contributed by atoms with van der Waals surface area (Å²) in [5.74, 6) is -0.384. The predicted octanol–water partition coefficient (Wildman–Crippen LogP) is 2.77. The third-order valence-electron chi connectivity index (χ3n) is 3.62. The molecule has 2 fully saturated rings. The van der Waals surface area contributed by atoms with Crippen LogP contribution in [0.2, 0.25) is 4.34 Å². The molecule has 1 aromatic heterocycles. The number of piperidine rings is 1. The molecule has 6 heteroatoms. The fraction of sp³-hybridized carbons (Fsp3) is 0.615. The highest BCUT2D eigenvalue weighted by atomic mass is 35.5. The van der Waals surface area contributed by atoms with Crippen molar-refractivity contribution in [2.75, 3.05) is 26.3 Å². The van der Waals surface area contributed by atoms with Gasteiger partial charge in [0.25, 0.3) is 5.91 Å². The number of likely N-dealkylation sites (tertiary alicyclic amines) is 1. The molecule has 1 spiro atoms. The van der Waals surface area contributed by atoms with Crippen molar-refractivity contribution in [3.8, 4) is 0 Å². The molecule has 0 N–H and O–H groups in total. The zero-order valence-electron chi connectivity index (χ0n) is 10.6. The van der Waals surface area contributed by atoms with Crippen molar-refractivity contribution < 1.29 is 14.3 Å². The Morgan fingerprint density at radius 2 is 1.95 bits per heavy atom. The van der Waals surface area contributed by atoms with Crippen LogP contribution < -0.4 is 0 Å². The molecule has 1 amide bonds. The molecule has 1 aromatic rings. The van der Waals surface area contributed by atoms with E-state index in [4.69, 9.17) is 21.1 Å². The van der Waals surface area contributed by atoms with E-state index in [-0.39, 0.29) is 5.91 Å². The fourth-order valence-corrected chi connectivity index (χ4v) is 3.55. The highest BCUT2D eigenvalue weighted by Gasteiger charge is 2.39. The Morgan fingerprint density at radius 1 is 1.26 bits per heavy atom. The molecule has 104 valence electrons. The molecule has 19 heavy (non-hydrogen) atoms. The normalized spacial score (nSPS) is 22.7. The first-order valence-corrected chi connectivity index (χ1v) is 7.71. The first kappa shape index (κ1) is 13.4. The molecule has 0 bridgehead atoms. The second kappa shape index (κ2) is 5.40. The summed E-state index contributed by atoms with van der Waals surface area (Å²) >= 11 is 7.20. The zero-order chi connectivity index (χ0) is 13.3. The molecule has 0 aromatic carbocycles. The summed E-state index contributed by atoms with van der Waals surface area (Å²) in [6, 6.07) is 3.55. The summed E-state index contributed by atoms with van der Waals surface area (Å²) in [4.78, 5) is 14.8. The van der Waals surface area contributed by atoms with E-state index in [0.29, 0.717) is 22.3 Å². The van der Waals surface area contributed by atoms with E-state index < -0.39 is 5.79 Å². The minimum absolute atomic E-state index is 0.0579. The second-order valence-electron chi connectivity index (χ2n) is 4.86. The topological polar surface area (TPSA) is 38.8 Å². The van der Waals surface area contributed by atoms with Crippen LogP contribution in [0.1, 0.15) is 28.9 Å². The Kier molecular flexibility index (Phi) is 3.80. The second-order valence-corrected chi connectivity index (χ2v) is 6.57. The van der Waals surface area contributed by atoms with Crippen LogP contribution in [0.3, 0.4) is 0 Å². The van der Waals surface area contributed by atoms with Crippen molar-refractivity contribution in [2.45, 2.75) is 25.0 Å². The van der Waals surface area contributed by atoms with Crippen LogP contribution in [-0.4, -0.2) is 42.9 Å². The number of rotatable bonds is 1. The number of amides is 1. The molecule has 0 saturated carbocycles. The van der Waals surface area contributed by atoms with Gasteiger partial charge in [-0.1, -0.05) is 11.6 Å². The van der Waals surface area contributed by atoms with Gasteiger partial charge in [-0.15, -0.1) is 11.3 Å². The third kappa shape index (κ3) is 2.79. The van der Waals surface area contributed by atoms with Crippen LogP contribution in [0.5, 0.6) is 0 Å². The SMILES string of the molecule is O=C(c1ccc(Cl)s1)N1CCC2(CC1)OCCCO2. The van der Waals surface area contributed by atoms with E-state index in [9.17, 15) is 4.79 Å². The molecule has 3 rings (SSSR count). The lowest BCUT2D eigenvalue weighted by Gasteiger charge is -2.43. The van der Waals surface area contributed by atoms with Crippen molar-refractivity contribution in [3.05, 3.63) is 21.3 Å². The van der Waals surface area contributed by atoms with Crippen LogP contribution >= 0.6 is 22.9 Å². The van der Waals surface area contributed by atoms with E-state index in [0.717, 1.165) is 32.5 Å². The molecule has 3 heterocycles. The van der Waals surface area contributed by atoms with Gasteiger partial charge in [-0.05, 0) is 18.6 Å². The van der Waals surface area contributed by atoms with Crippen molar-refractivity contribution in [1.29, 1.82) is 0 Å². The van der Waals surface area contributed by atoms with Crippen molar-refractivity contribution in [3.63, 3.8) is 0 Å². The van der Waals surface area contributed by atoms with Gasteiger partial charge in [-0.2, -0.15) is 0 Å². The predicted molar refractivity (Wildman–Crippen MR) is 73.7 cm³/mol. The number of carbonyl (C=O) groups is 1. The number of ether oxygens (including phenoxy) is 2. The highest BCUT2D eigenvalue weighted by molar-refractivity contribution is 7.17. The summed E-state index contributed by atoms with van der Waals surface area (Å²) in [6.45, 7) is 2.87. The molecule has 0 radical (unpaired) electrons. The van der Waals surface area contributed by atoms with Gasteiger partial charge in [0.1, 0.15) is 0 Å². The Labute approximate surface area is 121 Å². The van der Waals surface area contributed by atoms with Crippen molar-refractivity contribution in [1.82, 2.24) is 4.90 Å². The van der Waals surface area contributed by atoms with Crippen molar-refractivity contribution in [2.24, 2.45) is 0 Å². The third-order valence-corrected chi connectivity index (χ3v) is 4.83. The standard InChI is InChI=1S/C13H16ClNO3S/c14-11-3-2-10(19-11)12(16)15-6-4-13(5-7-15)17-8-1-9-18-13/h2-3H,1,4-9H2. The molecule has 0 atom stereocenters. The highest BCUT2D eigenvalue weighted by Crippen LogP contribution is 2.32. The maximum absolute atomic E-state index is 12.3. The molecule has 0 unspecified atom stereocenters. The molecule has 2 saturated heterocycles. The number of nitrogens with zero attached hydrogens (tertiary/aromatic N) is 1. The average molecular weight is 302 g/mol. The largest absolute Gasteiger partial charge is 0.350 e. The molecule has 0 aliphatic carbocycles. The smallest absolute Gasteiger partial charge is 0.263 e. The summed E-state index contributed by atoms with van der Waals surface area (Å²) in [7, 11) is 0. The Balaban J connectivity index is 1.62. The number of hydrogen-bond donors (Lipinski definition) is 0. The maximum Gasteiger partial charge on any atom is 0.263 e. The Hall–Kier alpha value is -0.620. The summed E-state index contributed by atoms with van der Waals surface area (Å²) in [6.07, 6.45) is 2.45. The zero-order valence-corrected chi connectivity index (χ0v) is 12.1. The van der Waals surface area contributed by atoms with Gasteiger partial charge in [0.05, 0.1) is 22.4 Å². The van der Waals surface area contributed by atoms with Gasteiger partial charge in [0, 0.05) is 25.9 Å². The number of thiophene rings is 1. The minimum Gasteiger partial charge on any atom is -0.350 e. The molecular formula is C13H16ClNO3S. The molecular weight excluding hydrogens is 286 g/mol. The lowest BCUT2D eigenvalue weighted by atomic mass is 10.0. The summed E-state index contributed by atoms with van der Waals surface area (Å²) in [5, 5.41) is 0. The van der Waals surface area contributed by atoms with Crippen LogP contribution in [0.15, 0.2) is 12.1 Å². The first-order chi connectivity index (χ1) is 9.19. The monoisotopic (exact) mass is 301 g/mol. The fourth-order valence-electron chi connectivity index (χ4n) is 2.54. The number of carbonyl (C=O) groups excluding carboxylic acids is 1. The van der Waals surface area contributed by atoms with E-state index in [1.54, 1.807) is 12.1 Å². The van der Waals surface area contributed by atoms with E-state index in [1.165, 1.54) is 11.3 Å². The van der Waals surface area contributed by atoms with Crippen LogP contribution in [0, 0.1) is 0 Å². The van der Waals surface area contributed by atoms with Crippen LogP contribution in [-0.2, 0) is 9.47 Å². The maximum atomic E-state index is 12.3. The quantitative estimate of drug-likeness (QED) is 0.800. The van der Waals surface area contributed by atoms with Crippen molar-refractivity contribution >= 4 is 28.8 Å². The minimum atomic E-state index is -0.442. The lowest BCUT2D eigenvalue weighted by Crippen LogP contribution is -2.51. The van der Waals surface area contributed by atoms with Gasteiger partial charge in [-0.25, -0.2) is 0 Å². The van der Waals surface area contributed by atoms with Gasteiger partial charge in [0.15, 0.2) is 5.79 Å². The number of hydrogen-bond acceptors (Lipinski definition) is 4. The molecule has 4 nitrogen and oxygen atoms in total. The first-order valence-electron chi connectivity index (χ1n) is 6.51. The van der Waals surface area contributed by atoms with Crippen LogP contribution in [0.25, 0.3) is 0 Å². The lowest BCUT2D eigenvalue weighted by molar-refractivity contribution is -0.281. The van der Waals surface area contributed by atoms with E-state index >= 15 is 0 Å². The van der Waals surface area contributed by atoms with Gasteiger partial charge in [-0.3, -0.25) is 4.79 Å². The van der Waals surface area contributed by atoms with Gasteiger partial charge in [0.2, 0.25) is 0 Å². The average Bonchev–Trinajstić information content (AvgIpc) is 2.87. The molecule has 2 aliphatic rings. The van der Waals surface area contributed by atoms with Crippen LogP contribution in [0.4, 0.5) is 0 Å². The van der Waals surface area contributed by atoms with Gasteiger partial charge >= 0.3 is 0 Å². The number of halogens is 1. The van der Waals surface area contributed by atoms with E-state index in [1.807, 2.05) is 4.90 Å². The Bertz CT molecular complexity index is 460. The molecule has 2 aliphatic heterocycles.